The van der Waals surface area contributed by atoms with Gasteiger partial charge in [-0.1, -0.05) is 26.0 Å². The van der Waals surface area contributed by atoms with Crippen LogP contribution in [0.4, 0.5) is 0 Å². The first-order valence-corrected chi connectivity index (χ1v) is 11.8. The zero-order valence-corrected chi connectivity index (χ0v) is 18.6. The van der Waals surface area contributed by atoms with Crippen molar-refractivity contribution in [2.45, 2.75) is 65.0 Å². The van der Waals surface area contributed by atoms with Crippen molar-refractivity contribution in [3.63, 3.8) is 0 Å². The third-order valence-corrected chi connectivity index (χ3v) is 7.18. The maximum absolute atomic E-state index is 13.2. The number of nitrogens with one attached hydrogen (secondary N) is 1. The molecule has 7 heteroatoms. The Bertz CT molecular complexity index is 1070. The van der Waals surface area contributed by atoms with Gasteiger partial charge in [0.25, 0.3) is 5.56 Å². The van der Waals surface area contributed by atoms with E-state index in [1.54, 1.807) is 4.52 Å². The molecule has 1 amide bonds. The summed E-state index contributed by atoms with van der Waals surface area (Å²) in [4.78, 5) is 34.8. The predicted molar refractivity (Wildman–Crippen MR) is 120 cm³/mol. The minimum Gasteiger partial charge on any atom is -0.336 e. The second-order valence-electron chi connectivity index (χ2n) is 9.72. The molecule has 0 aromatic carbocycles. The van der Waals surface area contributed by atoms with Gasteiger partial charge in [-0.15, -0.1) is 0 Å². The number of rotatable bonds is 4. The quantitative estimate of drug-likeness (QED) is 0.767. The third-order valence-electron chi connectivity index (χ3n) is 7.18. The van der Waals surface area contributed by atoms with E-state index in [-0.39, 0.29) is 17.4 Å². The van der Waals surface area contributed by atoms with Gasteiger partial charge in [-0.25, -0.2) is 9.50 Å². The fourth-order valence-corrected chi connectivity index (χ4v) is 5.49. The summed E-state index contributed by atoms with van der Waals surface area (Å²) >= 11 is 0. The summed E-state index contributed by atoms with van der Waals surface area (Å²) in [6, 6.07) is 2.37. The lowest BCUT2D eigenvalue weighted by Gasteiger charge is -2.29. The molecule has 2 unspecified atom stereocenters. The average molecular weight is 424 g/mol. The van der Waals surface area contributed by atoms with Crippen LogP contribution in [0, 0.1) is 11.8 Å². The largest absolute Gasteiger partial charge is 0.336 e. The van der Waals surface area contributed by atoms with E-state index in [4.69, 9.17) is 4.98 Å². The van der Waals surface area contributed by atoms with E-state index in [0.717, 1.165) is 42.4 Å². The number of carbonyl (C=O) groups is 1. The smallest absolute Gasteiger partial charge is 0.276 e. The predicted octanol–water partition coefficient (Wildman–Crippen LogP) is 3.06. The Morgan fingerprint density at radius 3 is 2.90 bits per heavy atom. The van der Waals surface area contributed by atoms with Crippen LogP contribution < -0.4 is 5.56 Å². The van der Waals surface area contributed by atoms with Crippen molar-refractivity contribution in [3.05, 3.63) is 45.5 Å². The Morgan fingerprint density at radius 1 is 1.26 bits per heavy atom. The van der Waals surface area contributed by atoms with Crippen LogP contribution in [0.3, 0.4) is 0 Å². The van der Waals surface area contributed by atoms with E-state index in [2.05, 4.69) is 28.2 Å². The molecule has 166 valence electrons. The van der Waals surface area contributed by atoms with Crippen molar-refractivity contribution < 1.29 is 4.79 Å². The van der Waals surface area contributed by atoms with Crippen LogP contribution in [-0.4, -0.2) is 49.9 Å². The van der Waals surface area contributed by atoms with Crippen LogP contribution in [0.25, 0.3) is 5.65 Å². The number of H-pyrrole nitrogens is 1. The van der Waals surface area contributed by atoms with Crippen molar-refractivity contribution in [1.82, 2.24) is 24.4 Å². The lowest BCUT2D eigenvalue weighted by atomic mass is 9.93. The highest BCUT2D eigenvalue weighted by Crippen LogP contribution is 2.33. The molecule has 4 heterocycles. The molecule has 1 saturated heterocycles. The summed E-state index contributed by atoms with van der Waals surface area (Å²) in [5.74, 6) is 0.812. The molecule has 2 aromatic heterocycles. The van der Waals surface area contributed by atoms with Crippen molar-refractivity contribution in [3.8, 4) is 0 Å². The number of aromatic amines is 1. The average Bonchev–Trinajstić information content (AvgIpc) is 3.40. The summed E-state index contributed by atoms with van der Waals surface area (Å²) < 4.78 is 1.62. The lowest BCUT2D eigenvalue weighted by molar-refractivity contribution is -0.135. The maximum atomic E-state index is 13.2. The van der Waals surface area contributed by atoms with Crippen molar-refractivity contribution in [2.24, 2.45) is 11.8 Å². The Kier molecular flexibility index (Phi) is 5.46. The van der Waals surface area contributed by atoms with Gasteiger partial charge in [0.2, 0.25) is 5.91 Å². The van der Waals surface area contributed by atoms with Gasteiger partial charge in [0.05, 0.1) is 24.0 Å². The monoisotopic (exact) mass is 423 g/mol. The van der Waals surface area contributed by atoms with E-state index >= 15 is 0 Å². The van der Waals surface area contributed by atoms with Gasteiger partial charge >= 0.3 is 0 Å². The van der Waals surface area contributed by atoms with Crippen molar-refractivity contribution in [1.29, 1.82) is 0 Å². The fourth-order valence-electron chi connectivity index (χ4n) is 5.49. The number of hydrogen-bond acceptors (Lipinski definition) is 4. The first-order chi connectivity index (χ1) is 15.0. The molecule has 0 bridgehead atoms. The molecule has 1 aliphatic carbocycles. The van der Waals surface area contributed by atoms with Crippen LogP contribution in [0.5, 0.6) is 0 Å². The molecular formula is C24H33N5O2. The van der Waals surface area contributed by atoms with Crippen molar-refractivity contribution in [2.75, 3.05) is 19.6 Å². The van der Waals surface area contributed by atoms with Crippen molar-refractivity contribution >= 4 is 11.6 Å². The normalized spacial score (nSPS) is 24.3. The van der Waals surface area contributed by atoms with E-state index in [9.17, 15) is 9.59 Å². The van der Waals surface area contributed by atoms with Crippen LogP contribution in [0.1, 0.15) is 68.9 Å². The third kappa shape index (κ3) is 3.84. The zero-order valence-electron chi connectivity index (χ0n) is 18.6. The van der Waals surface area contributed by atoms with E-state index in [0.29, 0.717) is 31.2 Å². The van der Waals surface area contributed by atoms with Gasteiger partial charge in [0.1, 0.15) is 0 Å². The zero-order chi connectivity index (χ0) is 21.5. The van der Waals surface area contributed by atoms with Gasteiger partial charge in [-0.05, 0) is 51.0 Å². The highest BCUT2D eigenvalue weighted by atomic mass is 16.2. The molecule has 3 aliphatic rings. The molecule has 31 heavy (non-hydrogen) atoms. The van der Waals surface area contributed by atoms with Gasteiger partial charge in [-0.2, -0.15) is 0 Å². The Hall–Kier alpha value is -2.41. The number of carbonyl (C=O) groups excluding carboxylic acids is 1. The summed E-state index contributed by atoms with van der Waals surface area (Å²) in [6.07, 6.45) is 11.1. The van der Waals surface area contributed by atoms with Crippen LogP contribution in [-0.2, 0) is 17.8 Å². The summed E-state index contributed by atoms with van der Waals surface area (Å²) in [5.41, 5.74) is 3.25. The number of hydrogen-bond donors (Lipinski definition) is 1. The molecule has 0 spiro atoms. The topological polar surface area (TPSA) is 73.7 Å². The number of allylic oxidation sites excluding steroid dienone is 2. The molecule has 2 atom stereocenters. The Morgan fingerprint density at radius 2 is 2.13 bits per heavy atom. The van der Waals surface area contributed by atoms with Crippen LogP contribution >= 0.6 is 0 Å². The van der Waals surface area contributed by atoms with E-state index in [1.165, 1.54) is 25.7 Å². The maximum Gasteiger partial charge on any atom is 0.276 e. The molecule has 7 nitrogen and oxygen atoms in total. The first kappa shape index (κ1) is 20.5. The number of amides is 1. The number of likely N-dealkylation sites (tertiary alicyclic amines) is 1. The summed E-state index contributed by atoms with van der Waals surface area (Å²) in [5, 5.41) is 3.38. The van der Waals surface area contributed by atoms with Gasteiger partial charge in [-0.3, -0.25) is 19.6 Å². The molecule has 2 aliphatic heterocycles. The molecular weight excluding hydrogens is 390 g/mol. The summed E-state index contributed by atoms with van der Waals surface area (Å²) in [7, 11) is 0. The molecule has 1 fully saturated rings. The molecule has 0 saturated carbocycles. The second kappa shape index (κ2) is 8.26. The summed E-state index contributed by atoms with van der Waals surface area (Å²) in [6.45, 7) is 7.09. The minimum absolute atomic E-state index is 0.00939. The molecule has 2 aromatic rings. The number of nitrogens with zero attached hydrogens (tertiary/aromatic N) is 4. The Labute approximate surface area is 183 Å². The number of aromatic nitrogens is 3. The Balaban J connectivity index is 1.41. The van der Waals surface area contributed by atoms with Gasteiger partial charge < -0.3 is 4.90 Å². The van der Waals surface area contributed by atoms with E-state index in [1.807, 2.05) is 18.7 Å². The SMILES string of the molecule is CC(C)C(=O)N1CCc2c(nc3cc(C4CCCN4CC4CC=CCC4)[nH]n3c2=O)C1. The van der Waals surface area contributed by atoms with Gasteiger partial charge in [0.15, 0.2) is 5.65 Å². The van der Waals surface area contributed by atoms with Crippen LogP contribution in [0.15, 0.2) is 23.0 Å². The molecule has 1 N–H and O–H groups in total. The first-order valence-electron chi connectivity index (χ1n) is 11.8. The molecule has 0 radical (unpaired) electrons. The lowest BCUT2D eigenvalue weighted by Crippen LogP contribution is -2.41. The van der Waals surface area contributed by atoms with E-state index < -0.39 is 0 Å². The highest BCUT2D eigenvalue weighted by Gasteiger charge is 2.31. The standard InChI is InChI=1S/C24H33N5O2/c1-16(2)23(30)28-12-10-18-20(15-28)25-22-13-19(26-29(22)24(18)31)21-9-6-11-27(21)14-17-7-4-3-5-8-17/h3-4,13,16-17,21,26H,5-12,14-15H2,1-2H3. The number of fused-ring (bicyclic) bond motifs is 2. The minimum atomic E-state index is -0.0433. The van der Waals surface area contributed by atoms with Crippen LogP contribution in [0.2, 0.25) is 0 Å². The fraction of sp³-hybridized carbons (Fsp3) is 0.625. The highest BCUT2D eigenvalue weighted by molar-refractivity contribution is 5.78. The molecule has 5 rings (SSSR count). The second-order valence-corrected chi connectivity index (χ2v) is 9.72. The van der Waals surface area contributed by atoms with Gasteiger partial charge in [0, 0.05) is 30.6 Å².